The largest absolute Gasteiger partial charge is 0.352 e. The number of rotatable bonds is 7. The molecule has 0 radical (unpaired) electrons. The fourth-order valence-corrected chi connectivity index (χ4v) is 2.26. The van der Waals surface area contributed by atoms with Gasteiger partial charge in [0.15, 0.2) is 0 Å². The third-order valence-corrected chi connectivity index (χ3v) is 3.90. The lowest BCUT2D eigenvalue weighted by Crippen LogP contribution is -2.25. The number of hydrogen-bond donors (Lipinski definition) is 2. The van der Waals surface area contributed by atoms with Crippen molar-refractivity contribution in [3.8, 4) is 0 Å². The molecule has 2 rings (SSSR count). The molecule has 0 bridgehead atoms. The summed E-state index contributed by atoms with van der Waals surface area (Å²) in [4.78, 5) is 23.4. The van der Waals surface area contributed by atoms with E-state index in [2.05, 4.69) is 38.4 Å². The molecule has 24 heavy (non-hydrogen) atoms. The molecule has 0 unspecified atom stereocenters. The second kappa shape index (κ2) is 9.82. The molecule has 0 saturated heterocycles. The smallest absolute Gasteiger partial charge is 0.240 e. The summed E-state index contributed by atoms with van der Waals surface area (Å²) in [7, 11) is 0. The second-order valence-electron chi connectivity index (χ2n) is 5.11. The quantitative estimate of drug-likeness (QED) is 0.399. The van der Waals surface area contributed by atoms with Crippen LogP contribution >= 0.6 is 22.6 Å². The van der Waals surface area contributed by atoms with E-state index in [0.717, 1.165) is 14.7 Å². The Morgan fingerprint density at radius 2 is 1.62 bits per heavy atom. The van der Waals surface area contributed by atoms with Gasteiger partial charge in [-0.2, -0.15) is 5.10 Å². The second-order valence-corrected chi connectivity index (χ2v) is 6.35. The third-order valence-electron chi connectivity index (χ3n) is 3.18. The SMILES string of the molecule is O=C(CCC(=O)N/N=C/c1ccc(I)cc1)NCc1ccccc1. The number of nitrogens with zero attached hydrogens (tertiary/aromatic N) is 1. The van der Waals surface area contributed by atoms with E-state index in [4.69, 9.17) is 0 Å². The Bertz CT molecular complexity index is 700. The molecule has 2 aromatic carbocycles. The van der Waals surface area contributed by atoms with Crippen molar-refractivity contribution in [3.63, 3.8) is 0 Å². The highest BCUT2D eigenvalue weighted by atomic mass is 127. The zero-order chi connectivity index (χ0) is 17.2. The highest BCUT2D eigenvalue weighted by molar-refractivity contribution is 14.1. The maximum absolute atomic E-state index is 11.7. The number of amides is 2. The Hall–Kier alpha value is -2.22. The van der Waals surface area contributed by atoms with E-state index in [0.29, 0.717) is 6.54 Å². The van der Waals surface area contributed by atoms with E-state index in [1.54, 1.807) is 6.21 Å². The molecule has 0 aliphatic heterocycles. The van der Waals surface area contributed by atoms with Gasteiger partial charge in [-0.25, -0.2) is 5.43 Å². The van der Waals surface area contributed by atoms with Crippen molar-refractivity contribution >= 4 is 40.6 Å². The maximum atomic E-state index is 11.7. The minimum absolute atomic E-state index is 0.102. The molecule has 0 aliphatic carbocycles. The molecule has 5 nitrogen and oxygen atoms in total. The van der Waals surface area contributed by atoms with E-state index in [9.17, 15) is 9.59 Å². The van der Waals surface area contributed by atoms with Crippen LogP contribution in [0.3, 0.4) is 0 Å². The summed E-state index contributed by atoms with van der Waals surface area (Å²) in [6.07, 6.45) is 1.81. The van der Waals surface area contributed by atoms with Crippen LogP contribution in [0.1, 0.15) is 24.0 Å². The molecule has 0 saturated carbocycles. The first-order chi connectivity index (χ1) is 11.6. The highest BCUT2D eigenvalue weighted by Crippen LogP contribution is 2.04. The minimum Gasteiger partial charge on any atom is -0.352 e. The molecule has 124 valence electrons. The molecule has 0 aromatic heterocycles. The summed E-state index contributed by atoms with van der Waals surface area (Å²) in [6, 6.07) is 17.4. The summed E-state index contributed by atoms with van der Waals surface area (Å²) in [5.41, 5.74) is 4.35. The molecule has 0 spiro atoms. The van der Waals surface area contributed by atoms with Gasteiger partial charge in [0, 0.05) is 23.0 Å². The van der Waals surface area contributed by atoms with Crippen molar-refractivity contribution in [1.29, 1.82) is 0 Å². The van der Waals surface area contributed by atoms with Gasteiger partial charge in [-0.15, -0.1) is 0 Å². The molecule has 2 aromatic rings. The first-order valence-corrected chi connectivity index (χ1v) is 8.59. The van der Waals surface area contributed by atoms with Crippen LogP contribution in [-0.4, -0.2) is 18.0 Å². The number of carbonyl (C=O) groups is 2. The van der Waals surface area contributed by atoms with Crippen LogP contribution in [0.15, 0.2) is 59.7 Å². The summed E-state index contributed by atoms with van der Waals surface area (Å²) in [5.74, 6) is -0.442. The summed E-state index contributed by atoms with van der Waals surface area (Å²) in [5, 5.41) is 6.67. The van der Waals surface area contributed by atoms with E-state index >= 15 is 0 Å². The number of carbonyl (C=O) groups excluding carboxylic acids is 2. The molecular weight excluding hydrogens is 417 g/mol. The number of benzene rings is 2. The number of hydrazone groups is 1. The van der Waals surface area contributed by atoms with E-state index in [-0.39, 0.29) is 24.7 Å². The molecular formula is C18H18IN3O2. The van der Waals surface area contributed by atoms with Gasteiger partial charge in [0.1, 0.15) is 0 Å². The average Bonchev–Trinajstić information content (AvgIpc) is 2.61. The first-order valence-electron chi connectivity index (χ1n) is 7.51. The van der Waals surface area contributed by atoms with Crippen LogP contribution in [-0.2, 0) is 16.1 Å². The van der Waals surface area contributed by atoms with E-state index < -0.39 is 0 Å². The van der Waals surface area contributed by atoms with Crippen molar-refractivity contribution in [1.82, 2.24) is 10.7 Å². The number of hydrogen-bond acceptors (Lipinski definition) is 3. The van der Waals surface area contributed by atoms with Crippen LogP contribution in [0.25, 0.3) is 0 Å². The summed E-state index contributed by atoms with van der Waals surface area (Å²) in [6.45, 7) is 0.465. The molecule has 6 heteroatoms. The van der Waals surface area contributed by atoms with Gasteiger partial charge in [-0.05, 0) is 45.9 Å². The molecule has 0 atom stereocenters. The zero-order valence-electron chi connectivity index (χ0n) is 13.0. The predicted octanol–water partition coefficient (Wildman–Crippen LogP) is 2.84. The first kappa shape index (κ1) is 18.1. The fraction of sp³-hybridized carbons (Fsp3) is 0.167. The van der Waals surface area contributed by atoms with Crippen LogP contribution in [0.5, 0.6) is 0 Å². The Morgan fingerprint density at radius 1 is 0.958 bits per heavy atom. The average molecular weight is 435 g/mol. The molecule has 2 N–H and O–H groups in total. The van der Waals surface area contributed by atoms with Crippen molar-refractivity contribution in [2.45, 2.75) is 19.4 Å². The molecule has 0 aliphatic rings. The molecule has 2 amide bonds. The third kappa shape index (κ3) is 6.91. The Labute approximate surface area is 154 Å². The van der Waals surface area contributed by atoms with Gasteiger partial charge in [0.2, 0.25) is 11.8 Å². The van der Waals surface area contributed by atoms with Crippen LogP contribution in [0.2, 0.25) is 0 Å². The lowest BCUT2D eigenvalue weighted by molar-refractivity contribution is -0.126. The van der Waals surface area contributed by atoms with Gasteiger partial charge in [-0.3, -0.25) is 9.59 Å². The van der Waals surface area contributed by atoms with E-state index in [1.165, 1.54) is 0 Å². The topological polar surface area (TPSA) is 70.6 Å². The van der Waals surface area contributed by atoms with Gasteiger partial charge in [-0.1, -0.05) is 42.5 Å². The normalized spacial score (nSPS) is 10.5. The standard InChI is InChI=1S/C18H18IN3O2/c19-16-8-6-15(7-9-16)13-21-22-18(24)11-10-17(23)20-12-14-4-2-1-3-5-14/h1-9,13H,10-12H2,(H,20,23)(H,22,24)/b21-13+. The monoisotopic (exact) mass is 435 g/mol. The predicted molar refractivity (Wildman–Crippen MR) is 102 cm³/mol. The fourth-order valence-electron chi connectivity index (χ4n) is 1.90. The summed E-state index contributed by atoms with van der Waals surface area (Å²) < 4.78 is 1.13. The summed E-state index contributed by atoms with van der Waals surface area (Å²) >= 11 is 2.22. The Morgan fingerprint density at radius 3 is 2.33 bits per heavy atom. The lowest BCUT2D eigenvalue weighted by Gasteiger charge is -2.04. The van der Waals surface area contributed by atoms with Crippen molar-refractivity contribution in [2.24, 2.45) is 5.10 Å². The van der Waals surface area contributed by atoms with Crippen LogP contribution in [0.4, 0.5) is 0 Å². The highest BCUT2D eigenvalue weighted by Gasteiger charge is 2.05. The minimum atomic E-state index is -0.286. The lowest BCUT2D eigenvalue weighted by atomic mass is 10.2. The van der Waals surface area contributed by atoms with E-state index in [1.807, 2.05) is 54.6 Å². The van der Waals surface area contributed by atoms with Gasteiger partial charge < -0.3 is 5.32 Å². The van der Waals surface area contributed by atoms with Gasteiger partial charge >= 0.3 is 0 Å². The van der Waals surface area contributed by atoms with Gasteiger partial charge in [0.05, 0.1) is 6.21 Å². The number of halogens is 1. The molecule has 0 heterocycles. The van der Waals surface area contributed by atoms with Crippen molar-refractivity contribution < 1.29 is 9.59 Å². The van der Waals surface area contributed by atoms with Gasteiger partial charge in [0.25, 0.3) is 0 Å². The number of nitrogens with one attached hydrogen (secondary N) is 2. The van der Waals surface area contributed by atoms with Crippen molar-refractivity contribution in [2.75, 3.05) is 0 Å². The maximum Gasteiger partial charge on any atom is 0.240 e. The van der Waals surface area contributed by atoms with Crippen LogP contribution < -0.4 is 10.7 Å². The Kier molecular flexibility index (Phi) is 7.41. The van der Waals surface area contributed by atoms with Crippen LogP contribution in [0, 0.1) is 3.57 Å². The Balaban J connectivity index is 1.65. The van der Waals surface area contributed by atoms with Crippen molar-refractivity contribution in [3.05, 3.63) is 69.3 Å². The zero-order valence-corrected chi connectivity index (χ0v) is 15.2. The molecule has 0 fully saturated rings.